The van der Waals surface area contributed by atoms with Gasteiger partial charge in [0.05, 0.1) is 18.7 Å². The van der Waals surface area contributed by atoms with E-state index in [1.54, 1.807) is 61.7 Å². The number of anilines is 1. The van der Waals surface area contributed by atoms with Gasteiger partial charge >= 0.3 is 5.91 Å². The van der Waals surface area contributed by atoms with E-state index in [1.165, 1.54) is 4.90 Å². The zero-order valence-corrected chi connectivity index (χ0v) is 20.2. The van der Waals surface area contributed by atoms with E-state index in [9.17, 15) is 14.7 Å². The first-order chi connectivity index (χ1) is 15.6. The van der Waals surface area contributed by atoms with Gasteiger partial charge in [-0.25, -0.2) is 0 Å². The lowest BCUT2D eigenvalue weighted by Gasteiger charge is -2.23. The van der Waals surface area contributed by atoms with Gasteiger partial charge in [-0.15, -0.1) is 0 Å². The molecule has 1 fully saturated rings. The Morgan fingerprint density at radius 3 is 2.27 bits per heavy atom. The van der Waals surface area contributed by atoms with Gasteiger partial charge in [-0.1, -0.05) is 66.1 Å². The second-order valence-electron chi connectivity index (χ2n) is 8.75. The Kier molecular flexibility index (Phi) is 5.88. The largest absolute Gasteiger partial charge is 0.507 e. The fraction of sp³-hybridized carbons (Fsp3) is 0.240. The van der Waals surface area contributed by atoms with Crippen molar-refractivity contribution in [1.82, 2.24) is 5.16 Å². The number of aromatic nitrogens is 1. The zero-order chi connectivity index (χ0) is 23.9. The number of rotatable bonds is 4. The van der Waals surface area contributed by atoms with Gasteiger partial charge in [-0.2, -0.15) is 0 Å². The van der Waals surface area contributed by atoms with E-state index in [1.807, 2.05) is 20.8 Å². The van der Waals surface area contributed by atoms with Crippen LogP contribution in [0.4, 0.5) is 5.82 Å². The first-order valence-electron chi connectivity index (χ1n) is 10.3. The monoisotopic (exact) mass is 510 g/mol. The smallest absolute Gasteiger partial charge is 0.301 e. The van der Waals surface area contributed by atoms with Crippen molar-refractivity contribution in [3.63, 3.8) is 0 Å². The first-order valence-corrected chi connectivity index (χ1v) is 11.1. The Hall–Kier alpha value is -3.39. The van der Waals surface area contributed by atoms with Crippen LogP contribution in [0.5, 0.6) is 5.75 Å². The van der Waals surface area contributed by atoms with Gasteiger partial charge in [-0.05, 0) is 29.8 Å². The molecule has 1 amide bonds. The summed E-state index contributed by atoms with van der Waals surface area (Å²) in [6.45, 7) is 5.87. The van der Waals surface area contributed by atoms with Crippen molar-refractivity contribution < 1.29 is 24.0 Å². The molecule has 1 aromatic heterocycles. The average molecular weight is 511 g/mol. The lowest BCUT2D eigenvalue weighted by atomic mass is 9.93. The highest BCUT2D eigenvalue weighted by molar-refractivity contribution is 9.10. The molecule has 1 aliphatic heterocycles. The highest BCUT2D eigenvalue weighted by Gasteiger charge is 2.48. The third-order valence-electron chi connectivity index (χ3n) is 5.48. The number of ether oxygens (including phenoxy) is 1. The number of benzene rings is 2. The molecule has 0 saturated carbocycles. The summed E-state index contributed by atoms with van der Waals surface area (Å²) in [7, 11) is 1.55. The minimum absolute atomic E-state index is 0.0206. The summed E-state index contributed by atoms with van der Waals surface area (Å²) in [5, 5.41) is 15.2. The molecule has 2 aromatic carbocycles. The fourth-order valence-corrected chi connectivity index (χ4v) is 3.93. The van der Waals surface area contributed by atoms with Crippen LogP contribution in [0.3, 0.4) is 0 Å². The van der Waals surface area contributed by atoms with Crippen molar-refractivity contribution in [3.8, 4) is 5.75 Å². The van der Waals surface area contributed by atoms with Gasteiger partial charge in [0, 0.05) is 21.5 Å². The van der Waals surface area contributed by atoms with Gasteiger partial charge in [-0.3, -0.25) is 14.5 Å². The second kappa shape index (κ2) is 8.51. The van der Waals surface area contributed by atoms with Crippen LogP contribution in [0.2, 0.25) is 0 Å². The number of nitrogens with zero attached hydrogens (tertiary/aromatic N) is 2. The number of aliphatic hydroxyl groups excluding tert-OH is 1. The molecule has 0 unspecified atom stereocenters. The molecule has 0 bridgehead atoms. The van der Waals surface area contributed by atoms with Gasteiger partial charge in [0.1, 0.15) is 17.3 Å². The van der Waals surface area contributed by atoms with E-state index in [0.29, 0.717) is 22.6 Å². The number of ketones is 1. The van der Waals surface area contributed by atoms with Gasteiger partial charge in [0.15, 0.2) is 5.82 Å². The summed E-state index contributed by atoms with van der Waals surface area (Å²) in [6, 6.07) is 14.6. The molecule has 170 valence electrons. The van der Waals surface area contributed by atoms with Crippen LogP contribution in [0.1, 0.15) is 43.7 Å². The van der Waals surface area contributed by atoms with E-state index < -0.39 is 17.7 Å². The van der Waals surface area contributed by atoms with Gasteiger partial charge in [0.25, 0.3) is 5.78 Å². The lowest BCUT2D eigenvalue weighted by molar-refractivity contribution is -0.132. The quantitative estimate of drug-likeness (QED) is 0.288. The topological polar surface area (TPSA) is 92.9 Å². The molecule has 1 aliphatic rings. The number of aliphatic hydroxyl groups is 1. The molecule has 0 aliphatic carbocycles. The zero-order valence-electron chi connectivity index (χ0n) is 18.6. The normalized spacial score (nSPS) is 18.1. The number of halogens is 1. The van der Waals surface area contributed by atoms with E-state index >= 15 is 0 Å². The van der Waals surface area contributed by atoms with Gasteiger partial charge in [0.2, 0.25) is 0 Å². The predicted octanol–water partition coefficient (Wildman–Crippen LogP) is 5.37. The number of amides is 1. The minimum Gasteiger partial charge on any atom is -0.507 e. The third kappa shape index (κ3) is 4.18. The molecule has 33 heavy (non-hydrogen) atoms. The maximum atomic E-state index is 13.2. The van der Waals surface area contributed by atoms with E-state index in [0.717, 1.165) is 4.47 Å². The predicted molar refractivity (Wildman–Crippen MR) is 127 cm³/mol. The van der Waals surface area contributed by atoms with Crippen molar-refractivity contribution in [3.05, 3.63) is 81.5 Å². The maximum absolute atomic E-state index is 13.2. The summed E-state index contributed by atoms with van der Waals surface area (Å²) in [6.07, 6.45) is 0. The van der Waals surface area contributed by atoms with Gasteiger partial charge < -0.3 is 14.4 Å². The number of methoxy groups -OCH3 is 1. The number of carbonyl (C=O) groups excluding carboxylic acids is 2. The molecule has 7 nitrogen and oxygen atoms in total. The number of hydrogen-bond donors (Lipinski definition) is 1. The van der Waals surface area contributed by atoms with Crippen molar-refractivity contribution in [2.24, 2.45) is 0 Å². The minimum atomic E-state index is -0.891. The molecule has 4 rings (SSSR count). The molecule has 1 saturated heterocycles. The van der Waals surface area contributed by atoms with Crippen LogP contribution >= 0.6 is 15.9 Å². The van der Waals surface area contributed by atoms with Crippen LogP contribution in [0.25, 0.3) is 5.76 Å². The summed E-state index contributed by atoms with van der Waals surface area (Å²) in [4.78, 5) is 27.6. The second-order valence-corrected chi connectivity index (χ2v) is 9.66. The summed E-state index contributed by atoms with van der Waals surface area (Å²) >= 11 is 3.36. The van der Waals surface area contributed by atoms with E-state index in [-0.39, 0.29) is 22.6 Å². The Morgan fingerprint density at radius 1 is 1.09 bits per heavy atom. The van der Waals surface area contributed by atoms with Crippen molar-refractivity contribution in [2.75, 3.05) is 12.0 Å². The third-order valence-corrected chi connectivity index (χ3v) is 6.01. The molecule has 2 heterocycles. The molecular formula is C25H23BrN2O5. The van der Waals surface area contributed by atoms with Crippen molar-refractivity contribution >= 4 is 39.2 Å². The van der Waals surface area contributed by atoms with Crippen LogP contribution in [0.15, 0.2) is 69.2 Å². The SMILES string of the molecule is COc1ccc([C@@H]2/C(=C(\O)c3ccc(Br)cc3)C(=O)C(=O)N2c2cc(C(C)(C)C)on2)cc1. The molecular weight excluding hydrogens is 488 g/mol. The van der Waals surface area contributed by atoms with Crippen molar-refractivity contribution in [1.29, 1.82) is 0 Å². The fourth-order valence-electron chi connectivity index (χ4n) is 3.67. The van der Waals surface area contributed by atoms with E-state index in [2.05, 4.69) is 21.1 Å². The molecule has 8 heteroatoms. The Labute approximate surface area is 199 Å². The summed E-state index contributed by atoms with van der Waals surface area (Å²) in [5.41, 5.74) is 0.679. The lowest BCUT2D eigenvalue weighted by Crippen LogP contribution is -2.29. The first kappa shape index (κ1) is 22.8. The number of carbonyl (C=O) groups is 2. The molecule has 0 spiro atoms. The average Bonchev–Trinajstić information content (AvgIpc) is 3.37. The summed E-state index contributed by atoms with van der Waals surface area (Å²) in [5.74, 6) is -0.443. The molecule has 3 aromatic rings. The molecule has 0 radical (unpaired) electrons. The Balaban J connectivity index is 1.91. The number of Topliss-reactive ketones (excluding diaryl/α,β-unsaturated/α-hetero) is 1. The summed E-state index contributed by atoms with van der Waals surface area (Å²) < 4.78 is 11.5. The Bertz CT molecular complexity index is 1240. The van der Waals surface area contributed by atoms with Crippen LogP contribution in [-0.2, 0) is 15.0 Å². The standard InChI is InChI=1S/C25H23BrN2O5/c1-25(2,3)18-13-19(27-33-18)28-21(14-7-11-17(32-4)12-8-14)20(23(30)24(28)31)22(29)15-5-9-16(26)10-6-15/h5-13,21,29H,1-4H3/b22-20+/t21-/m1/s1. The molecule has 1 atom stereocenters. The Morgan fingerprint density at radius 2 is 1.73 bits per heavy atom. The van der Waals surface area contributed by atoms with E-state index in [4.69, 9.17) is 9.26 Å². The highest BCUT2D eigenvalue weighted by atomic mass is 79.9. The van der Waals surface area contributed by atoms with Crippen molar-refractivity contribution in [2.45, 2.75) is 32.2 Å². The molecule has 1 N–H and O–H groups in total. The van der Waals surface area contributed by atoms with Crippen LogP contribution in [0, 0.1) is 0 Å². The highest BCUT2D eigenvalue weighted by Crippen LogP contribution is 2.43. The van der Waals surface area contributed by atoms with Crippen LogP contribution < -0.4 is 9.64 Å². The number of hydrogen-bond acceptors (Lipinski definition) is 6. The maximum Gasteiger partial charge on any atom is 0.301 e. The van der Waals surface area contributed by atoms with Crippen LogP contribution in [-0.4, -0.2) is 29.1 Å².